The third-order valence-electron chi connectivity index (χ3n) is 2.03. The van der Waals surface area contributed by atoms with Crippen LogP contribution < -0.4 is 10.1 Å². The van der Waals surface area contributed by atoms with Crippen LogP contribution in [0.15, 0.2) is 18.2 Å². The van der Waals surface area contributed by atoms with Crippen LogP contribution in [0.3, 0.4) is 0 Å². The maximum atomic E-state index is 5.59. The molecule has 0 spiro atoms. The predicted molar refractivity (Wildman–Crippen MR) is 61.6 cm³/mol. The molecule has 3 heteroatoms. The van der Waals surface area contributed by atoms with Gasteiger partial charge in [0.05, 0.1) is 7.11 Å². The zero-order valence-corrected chi connectivity index (χ0v) is 9.40. The number of nitrogens with one attached hydrogen (secondary N) is 1. The Kier molecular flexibility index (Phi) is 4.60. The normalized spacial score (nSPS) is 9.93. The molecule has 2 nitrogen and oxygen atoms in total. The molecule has 0 fully saturated rings. The van der Waals surface area contributed by atoms with E-state index in [1.807, 2.05) is 19.1 Å². The average molecular weight is 214 g/mol. The summed E-state index contributed by atoms with van der Waals surface area (Å²) in [4.78, 5) is 0. The van der Waals surface area contributed by atoms with Crippen LogP contribution in [-0.4, -0.2) is 19.5 Å². The molecule has 0 saturated carbocycles. The number of hydrogen-bond acceptors (Lipinski definition) is 2. The monoisotopic (exact) mass is 213 g/mol. The number of anilines is 1. The maximum absolute atomic E-state index is 5.59. The van der Waals surface area contributed by atoms with Gasteiger partial charge in [-0.3, -0.25) is 0 Å². The van der Waals surface area contributed by atoms with Crippen LogP contribution >= 0.6 is 11.6 Å². The first-order valence-corrected chi connectivity index (χ1v) is 5.26. The Morgan fingerprint density at radius 1 is 1.43 bits per heavy atom. The molecule has 0 radical (unpaired) electrons. The molecule has 1 aromatic rings. The Morgan fingerprint density at radius 2 is 2.21 bits per heavy atom. The molecule has 0 bridgehead atoms. The van der Waals surface area contributed by atoms with Gasteiger partial charge in [0.25, 0.3) is 0 Å². The highest BCUT2D eigenvalue weighted by atomic mass is 35.5. The number of ether oxygens (including phenoxy) is 1. The van der Waals surface area contributed by atoms with Crippen LogP contribution in [0, 0.1) is 6.92 Å². The zero-order valence-electron chi connectivity index (χ0n) is 8.64. The fourth-order valence-electron chi connectivity index (χ4n) is 1.29. The molecule has 0 aliphatic heterocycles. The topological polar surface area (TPSA) is 21.3 Å². The van der Waals surface area contributed by atoms with Crippen molar-refractivity contribution in [1.82, 2.24) is 0 Å². The minimum absolute atomic E-state index is 0.697. The van der Waals surface area contributed by atoms with Crippen LogP contribution in [0.1, 0.15) is 12.0 Å². The first kappa shape index (κ1) is 11.2. The molecule has 0 heterocycles. The van der Waals surface area contributed by atoms with Gasteiger partial charge in [0.15, 0.2) is 0 Å². The molecule has 1 N–H and O–H groups in total. The third-order valence-corrected chi connectivity index (χ3v) is 2.30. The number of aryl methyl sites for hydroxylation is 1. The second-order valence-electron chi connectivity index (χ2n) is 3.15. The van der Waals surface area contributed by atoms with Crippen molar-refractivity contribution in [3.8, 4) is 5.75 Å². The second kappa shape index (κ2) is 5.76. The summed E-state index contributed by atoms with van der Waals surface area (Å²) >= 11 is 5.59. The number of halogens is 1. The fourth-order valence-corrected chi connectivity index (χ4v) is 1.42. The molecule has 0 unspecified atom stereocenters. The number of alkyl halides is 1. The SMILES string of the molecule is COc1ccc(NCCCCl)cc1C. The molecule has 0 saturated heterocycles. The van der Waals surface area contributed by atoms with Gasteiger partial charge in [-0.2, -0.15) is 0 Å². The first-order valence-electron chi connectivity index (χ1n) is 4.72. The summed E-state index contributed by atoms with van der Waals surface area (Å²) < 4.78 is 5.18. The minimum atomic E-state index is 0.697. The van der Waals surface area contributed by atoms with Crippen molar-refractivity contribution in [2.75, 3.05) is 24.9 Å². The van der Waals surface area contributed by atoms with Crippen LogP contribution in [0.5, 0.6) is 5.75 Å². The van der Waals surface area contributed by atoms with E-state index in [9.17, 15) is 0 Å². The Bertz CT molecular complexity index is 289. The molecule has 0 aliphatic rings. The quantitative estimate of drug-likeness (QED) is 0.600. The van der Waals surface area contributed by atoms with Crippen molar-refractivity contribution in [3.05, 3.63) is 23.8 Å². The van der Waals surface area contributed by atoms with Crippen molar-refractivity contribution in [2.45, 2.75) is 13.3 Å². The summed E-state index contributed by atoms with van der Waals surface area (Å²) in [6, 6.07) is 6.06. The van der Waals surface area contributed by atoms with Gasteiger partial charge < -0.3 is 10.1 Å². The Balaban J connectivity index is 2.57. The van der Waals surface area contributed by atoms with E-state index in [1.54, 1.807) is 7.11 Å². The molecule has 0 atom stereocenters. The zero-order chi connectivity index (χ0) is 10.4. The van der Waals surface area contributed by atoms with Crippen molar-refractivity contribution >= 4 is 17.3 Å². The lowest BCUT2D eigenvalue weighted by molar-refractivity contribution is 0.412. The predicted octanol–water partition coefficient (Wildman–Crippen LogP) is 3.04. The average Bonchev–Trinajstić information content (AvgIpc) is 2.18. The molecule has 14 heavy (non-hydrogen) atoms. The van der Waals surface area contributed by atoms with Crippen molar-refractivity contribution < 1.29 is 4.74 Å². The van der Waals surface area contributed by atoms with E-state index in [2.05, 4.69) is 11.4 Å². The van der Waals surface area contributed by atoms with Crippen molar-refractivity contribution in [1.29, 1.82) is 0 Å². The van der Waals surface area contributed by atoms with Gasteiger partial charge in [0.2, 0.25) is 0 Å². The largest absolute Gasteiger partial charge is 0.496 e. The van der Waals surface area contributed by atoms with E-state index in [-0.39, 0.29) is 0 Å². The minimum Gasteiger partial charge on any atom is -0.496 e. The van der Waals surface area contributed by atoms with E-state index in [1.165, 1.54) is 0 Å². The van der Waals surface area contributed by atoms with E-state index < -0.39 is 0 Å². The van der Waals surface area contributed by atoms with Crippen LogP contribution in [0.2, 0.25) is 0 Å². The molecule has 0 aromatic heterocycles. The Hall–Kier alpha value is -0.890. The van der Waals surface area contributed by atoms with Gasteiger partial charge in [-0.05, 0) is 37.1 Å². The lowest BCUT2D eigenvalue weighted by Crippen LogP contribution is -2.02. The standard InChI is InChI=1S/C11H16ClNO/c1-9-8-10(13-7-3-6-12)4-5-11(9)14-2/h4-5,8,13H,3,6-7H2,1-2H3. The summed E-state index contributed by atoms with van der Waals surface area (Å²) in [6.07, 6.45) is 0.979. The number of benzene rings is 1. The summed E-state index contributed by atoms with van der Waals surface area (Å²) in [6.45, 7) is 2.95. The fraction of sp³-hybridized carbons (Fsp3) is 0.455. The summed E-state index contributed by atoms with van der Waals surface area (Å²) in [5.41, 5.74) is 2.26. The van der Waals surface area contributed by atoms with E-state index in [0.29, 0.717) is 5.88 Å². The summed E-state index contributed by atoms with van der Waals surface area (Å²) in [5.74, 6) is 1.62. The summed E-state index contributed by atoms with van der Waals surface area (Å²) in [7, 11) is 1.68. The first-order chi connectivity index (χ1) is 6.77. The molecular weight excluding hydrogens is 198 g/mol. The molecule has 1 rings (SSSR count). The van der Waals surface area contributed by atoms with Crippen LogP contribution in [0.4, 0.5) is 5.69 Å². The van der Waals surface area contributed by atoms with Crippen molar-refractivity contribution in [3.63, 3.8) is 0 Å². The van der Waals surface area contributed by atoms with Gasteiger partial charge in [0, 0.05) is 18.1 Å². The molecular formula is C11H16ClNO. The van der Waals surface area contributed by atoms with E-state index in [0.717, 1.165) is 30.0 Å². The van der Waals surface area contributed by atoms with Gasteiger partial charge in [0.1, 0.15) is 5.75 Å². The molecule has 78 valence electrons. The van der Waals surface area contributed by atoms with Crippen molar-refractivity contribution in [2.24, 2.45) is 0 Å². The van der Waals surface area contributed by atoms with Gasteiger partial charge in [-0.15, -0.1) is 11.6 Å². The van der Waals surface area contributed by atoms with Gasteiger partial charge in [-0.25, -0.2) is 0 Å². The van der Waals surface area contributed by atoms with Crippen LogP contribution in [0.25, 0.3) is 0 Å². The van der Waals surface area contributed by atoms with Gasteiger partial charge in [-0.1, -0.05) is 0 Å². The molecule has 0 aliphatic carbocycles. The smallest absolute Gasteiger partial charge is 0.121 e. The summed E-state index contributed by atoms with van der Waals surface area (Å²) in [5, 5.41) is 3.30. The van der Waals surface area contributed by atoms with E-state index >= 15 is 0 Å². The lowest BCUT2D eigenvalue weighted by atomic mass is 10.2. The number of methoxy groups -OCH3 is 1. The molecule has 0 amide bonds. The number of hydrogen-bond donors (Lipinski definition) is 1. The Labute approximate surface area is 90.2 Å². The highest BCUT2D eigenvalue weighted by Crippen LogP contribution is 2.21. The second-order valence-corrected chi connectivity index (χ2v) is 3.53. The maximum Gasteiger partial charge on any atom is 0.121 e. The van der Waals surface area contributed by atoms with E-state index in [4.69, 9.17) is 16.3 Å². The Morgan fingerprint density at radius 3 is 2.79 bits per heavy atom. The third kappa shape index (κ3) is 3.11. The number of rotatable bonds is 5. The van der Waals surface area contributed by atoms with Crippen LogP contribution in [-0.2, 0) is 0 Å². The highest BCUT2D eigenvalue weighted by molar-refractivity contribution is 6.17. The molecule has 1 aromatic carbocycles. The lowest BCUT2D eigenvalue weighted by Gasteiger charge is -2.08. The van der Waals surface area contributed by atoms with Gasteiger partial charge >= 0.3 is 0 Å². The highest BCUT2D eigenvalue weighted by Gasteiger charge is 1.98.